The molecule has 25 nitrogen and oxygen atoms in total. The topological polar surface area (TPSA) is 371 Å². The van der Waals surface area contributed by atoms with Crippen molar-refractivity contribution in [3.05, 3.63) is 71.8 Å². The molecule has 0 unspecified atom stereocenters. The molecule has 3 saturated heterocycles. The Labute approximate surface area is 487 Å². The minimum atomic E-state index is -1.51. The van der Waals surface area contributed by atoms with E-state index < -0.39 is 71.9 Å². The van der Waals surface area contributed by atoms with Crippen LogP contribution in [0.25, 0.3) is 0 Å². The fourth-order valence-corrected chi connectivity index (χ4v) is 9.82. The Morgan fingerprint density at radius 1 is 0.446 bits per heavy atom. The fourth-order valence-electron chi connectivity index (χ4n) is 9.82. The summed E-state index contributed by atoms with van der Waals surface area (Å²) in [7, 11) is 0. The second-order valence-electron chi connectivity index (χ2n) is 22.1. The lowest BCUT2D eigenvalue weighted by Gasteiger charge is -2.37. The summed E-state index contributed by atoms with van der Waals surface area (Å²) in [4.78, 5) is 114. The standard InChI is InChI=1S/C58H93N13O12/c1-57-36-59-28-31-62-39-58(40-63-32-29-60-37-57,41-64-33-30-61-38-57)71-50(74)23-15-22-49(73)67-47(35-43-18-9-6-10-19-43)53(78)68-46(34-42-16-7-5-8-17-42)52(77)66-27-13-4-2-3-11-21-48(72)65-26-14-12-20-44(54(79)80)69-56(83)70-45(55(81)82)24-25-51(75)76/h5-10,16-19,44-47,59-64H,2-4,11-15,20-41H2,1H3,(H,65,72)(H,66,77)(H,67,73)(H,68,78)(H,71,74)(H,75,76)(H,79,80)(H,81,82)(H2,69,70,83)/t44-,45-,46+,47+,57?,58?/m0/s1. The number of aliphatic carboxylic acids is 3. The van der Waals surface area contributed by atoms with E-state index in [1.54, 1.807) is 0 Å². The SMILES string of the molecule is CC12CNCCNCC(NC(=O)CCCC(=O)N[C@H](Cc3ccccc3)C(=O)N[C@H](Cc3ccccc3)C(=O)NCCCCCCCC(=O)NCCCC[C@H](NC(=O)N[C@@H](CCC(=O)O)C(=O)O)C(=O)O)(CNCCNC1)CNCCNC2. The van der Waals surface area contributed by atoms with Gasteiger partial charge in [0.1, 0.15) is 24.2 Å². The molecule has 0 saturated carbocycles. The van der Waals surface area contributed by atoms with Crippen LogP contribution in [0.4, 0.5) is 4.79 Å². The van der Waals surface area contributed by atoms with Crippen molar-refractivity contribution in [3.63, 3.8) is 0 Å². The highest BCUT2D eigenvalue weighted by Gasteiger charge is 2.33. The number of carbonyl (C=O) groups excluding carboxylic acids is 6. The summed E-state index contributed by atoms with van der Waals surface area (Å²) in [5, 5.41) is 68.3. The van der Waals surface area contributed by atoms with Crippen LogP contribution in [0.15, 0.2) is 60.7 Å². The molecule has 3 fully saturated rings. The molecule has 462 valence electrons. The van der Waals surface area contributed by atoms with E-state index in [4.69, 9.17) is 5.11 Å². The van der Waals surface area contributed by atoms with Gasteiger partial charge in [0.05, 0.1) is 5.54 Å². The molecule has 0 aromatic heterocycles. The van der Waals surface area contributed by atoms with Crippen molar-refractivity contribution in [2.45, 2.75) is 139 Å². The van der Waals surface area contributed by atoms with Gasteiger partial charge in [0.25, 0.3) is 0 Å². The first-order valence-corrected chi connectivity index (χ1v) is 29.5. The zero-order valence-corrected chi connectivity index (χ0v) is 48.3. The van der Waals surface area contributed by atoms with Gasteiger partial charge in [-0.1, -0.05) is 86.8 Å². The Morgan fingerprint density at radius 3 is 1.42 bits per heavy atom. The van der Waals surface area contributed by atoms with Gasteiger partial charge < -0.3 is 84.4 Å². The van der Waals surface area contributed by atoms with Crippen LogP contribution in [0.1, 0.15) is 108 Å². The number of benzene rings is 2. The molecule has 0 radical (unpaired) electrons. The zero-order valence-electron chi connectivity index (χ0n) is 48.3. The molecule has 16 N–H and O–H groups in total. The van der Waals surface area contributed by atoms with E-state index in [9.17, 15) is 53.4 Å². The summed E-state index contributed by atoms with van der Waals surface area (Å²) >= 11 is 0. The zero-order chi connectivity index (χ0) is 60.1. The van der Waals surface area contributed by atoms with Gasteiger partial charge in [-0.15, -0.1) is 0 Å². The Morgan fingerprint density at radius 2 is 0.892 bits per heavy atom. The number of rotatable bonds is 33. The van der Waals surface area contributed by atoms with Crippen LogP contribution in [-0.4, -0.2) is 190 Å². The third-order valence-electron chi connectivity index (χ3n) is 14.5. The highest BCUT2D eigenvalue weighted by atomic mass is 16.4. The summed E-state index contributed by atoms with van der Waals surface area (Å²) in [6, 6.07) is 12.8. The first-order valence-electron chi connectivity index (χ1n) is 29.5. The van der Waals surface area contributed by atoms with E-state index in [2.05, 4.69) is 76.0 Å². The lowest BCUT2D eigenvalue weighted by Crippen LogP contribution is -2.66. The van der Waals surface area contributed by atoms with Gasteiger partial charge in [-0.3, -0.25) is 28.8 Å². The summed E-state index contributed by atoms with van der Waals surface area (Å²) in [5.74, 6) is -5.64. The Balaban J connectivity index is 1.21. The largest absolute Gasteiger partial charge is 0.481 e. The Hall–Kier alpha value is -6.77. The quantitative estimate of drug-likeness (QED) is 0.0413. The van der Waals surface area contributed by atoms with Crippen molar-refractivity contribution in [2.24, 2.45) is 5.41 Å². The van der Waals surface area contributed by atoms with Gasteiger partial charge in [-0.05, 0) is 56.1 Å². The average Bonchev–Trinajstić information content (AvgIpc) is 3.58. The third kappa shape index (κ3) is 29.4. The first-order chi connectivity index (χ1) is 39.9. The molecule has 0 spiro atoms. The van der Waals surface area contributed by atoms with Crippen LogP contribution >= 0.6 is 0 Å². The van der Waals surface area contributed by atoms with Crippen LogP contribution in [-0.2, 0) is 51.2 Å². The third-order valence-corrected chi connectivity index (χ3v) is 14.5. The number of unbranched alkanes of at least 4 members (excludes halogenated alkanes) is 5. The average molecular weight is 1160 g/mol. The van der Waals surface area contributed by atoms with Crippen LogP contribution in [0.2, 0.25) is 0 Å². The van der Waals surface area contributed by atoms with E-state index in [0.717, 1.165) is 89.3 Å². The maximum atomic E-state index is 14.2. The first kappa shape index (κ1) is 68.7. The summed E-state index contributed by atoms with van der Waals surface area (Å²) in [6.07, 6.45) is 4.57. The minimum Gasteiger partial charge on any atom is -0.481 e. The molecule has 2 bridgehead atoms. The van der Waals surface area contributed by atoms with E-state index >= 15 is 0 Å². The number of carbonyl (C=O) groups is 9. The number of fused-ring (bicyclic) bond motifs is 15. The van der Waals surface area contributed by atoms with Crippen molar-refractivity contribution in [1.82, 2.24) is 69.1 Å². The number of amides is 7. The second kappa shape index (κ2) is 38.9. The number of hydrogen-bond acceptors (Lipinski definition) is 15. The summed E-state index contributed by atoms with van der Waals surface area (Å²) < 4.78 is 0. The fraction of sp³-hybridized carbons (Fsp3) is 0.638. The van der Waals surface area contributed by atoms with Crippen molar-refractivity contribution in [3.8, 4) is 0 Å². The van der Waals surface area contributed by atoms with Crippen molar-refractivity contribution >= 4 is 53.5 Å². The predicted octanol–water partition coefficient (Wildman–Crippen LogP) is -0.149. The lowest BCUT2D eigenvalue weighted by molar-refractivity contribution is -0.141. The monoisotopic (exact) mass is 1160 g/mol. The summed E-state index contributed by atoms with van der Waals surface area (Å²) in [5.41, 5.74) is 1.07. The van der Waals surface area contributed by atoms with Crippen molar-refractivity contribution < 1.29 is 58.5 Å². The molecule has 5 rings (SSSR count). The van der Waals surface area contributed by atoms with Gasteiger partial charge >= 0.3 is 23.9 Å². The minimum absolute atomic E-state index is 0.00232. The predicted molar refractivity (Wildman–Crippen MR) is 313 cm³/mol. The normalized spacial score (nSPS) is 19.4. The second-order valence-corrected chi connectivity index (χ2v) is 22.1. The molecular weight excluding hydrogens is 1070 g/mol. The highest BCUT2D eigenvalue weighted by Crippen LogP contribution is 2.14. The van der Waals surface area contributed by atoms with Gasteiger partial charge in [-0.2, -0.15) is 0 Å². The maximum absolute atomic E-state index is 14.2. The van der Waals surface area contributed by atoms with E-state index in [1.165, 1.54) is 0 Å². The van der Waals surface area contributed by atoms with Crippen LogP contribution in [0.5, 0.6) is 0 Å². The molecule has 3 heterocycles. The highest BCUT2D eigenvalue weighted by molar-refractivity contribution is 5.92. The molecule has 25 heteroatoms. The molecular formula is C58H93N13O12. The Kier molecular flexibility index (Phi) is 32.2. The van der Waals surface area contributed by atoms with E-state index in [0.29, 0.717) is 51.9 Å². The molecule has 0 aliphatic carbocycles. The molecule has 7 amide bonds. The van der Waals surface area contributed by atoms with Gasteiger partial charge in [-0.25, -0.2) is 14.4 Å². The van der Waals surface area contributed by atoms with E-state index in [-0.39, 0.29) is 81.0 Å². The molecule has 2 aromatic carbocycles. The summed E-state index contributed by atoms with van der Waals surface area (Å²) in [6.45, 7) is 11.7. The van der Waals surface area contributed by atoms with Crippen LogP contribution in [0.3, 0.4) is 0 Å². The van der Waals surface area contributed by atoms with Gasteiger partial charge in [0.2, 0.25) is 29.5 Å². The maximum Gasteiger partial charge on any atom is 0.326 e. The number of carboxylic acids is 3. The number of nitrogens with one attached hydrogen (secondary N) is 13. The molecule has 4 atom stereocenters. The van der Waals surface area contributed by atoms with Crippen LogP contribution in [0, 0.1) is 5.41 Å². The molecule has 2 aromatic rings. The van der Waals surface area contributed by atoms with Crippen molar-refractivity contribution in [2.75, 3.05) is 91.6 Å². The lowest BCUT2D eigenvalue weighted by atomic mass is 9.90. The number of urea groups is 1. The van der Waals surface area contributed by atoms with E-state index in [1.807, 2.05) is 60.7 Å². The number of hydrogen-bond donors (Lipinski definition) is 16. The van der Waals surface area contributed by atoms with Gasteiger partial charge in [0.15, 0.2) is 0 Å². The Bertz CT molecular complexity index is 2270. The van der Waals surface area contributed by atoms with Gasteiger partial charge in [0, 0.05) is 136 Å². The molecule has 3 aliphatic heterocycles. The molecule has 3 aliphatic rings. The smallest absolute Gasteiger partial charge is 0.326 e. The van der Waals surface area contributed by atoms with Crippen molar-refractivity contribution in [1.29, 1.82) is 0 Å². The van der Waals surface area contributed by atoms with Crippen LogP contribution < -0.4 is 69.1 Å². The number of carboxylic acid groups (broad SMARTS) is 3. The molecule has 83 heavy (non-hydrogen) atoms.